The Morgan fingerprint density at radius 1 is 1.00 bits per heavy atom. The number of nitrogens with two attached hydrogens (primary N) is 1. The molecule has 0 saturated carbocycles. The van der Waals surface area contributed by atoms with Crippen LogP contribution in [0.2, 0.25) is 0 Å². The molecule has 0 fully saturated rings. The Morgan fingerprint density at radius 2 is 1.07 bits per heavy atom. The summed E-state index contributed by atoms with van der Waals surface area (Å²) in [6.07, 6.45) is 0. The van der Waals surface area contributed by atoms with Crippen molar-refractivity contribution in [2.75, 3.05) is 6.54 Å². The molecular formula is C6H10NNaO6-2. The molecule has 0 saturated heterocycles. The van der Waals surface area contributed by atoms with Crippen molar-refractivity contribution in [3.8, 4) is 0 Å². The van der Waals surface area contributed by atoms with Crippen molar-refractivity contribution < 1.29 is 59.3 Å². The molecule has 0 aliphatic rings. The van der Waals surface area contributed by atoms with E-state index in [2.05, 4.69) is 5.73 Å². The summed E-state index contributed by atoms with van der Waals surface area (Å²) >= 11 is 0. The van der Waals surface area contributed by atoms with Crippen LogP contribution < -0.4 is 50.6 Å². The van der Waals surface area contributed by atoms with Crippen LogP contribution >= 0.6 is 0 Å². The quantitative estimate of drug-likeness (QED) is 0.427. The van der Waals surface area contributed by atoms with E-state index in [-0.39, 0.29) is 36.1 Å². The van der Waals surface area contributed by atoms with Gasteiger partial charge in [0.15, 0.2) is 0 Å². The minimum absolute atomic E-state index is 0. The van der Waals surface area contributed by atoms with E-state index >= 15 is 0 Å². The molecule has 0 bridgehead atoms. The molecule has 0 aliphatic heterocycles. The summed E-state index contributed by atoms with van der Waals surface area (Å²) < 4.78 is 0. The van der Waals surface area contributed by atoms with Gasteiger partial charge in [-0.2, -0.15) is 0 Å². The Morgan fingerprint density at radius 3 is 1.07 bits per heavy atom. The summed E-state index contributed by atoms with van der Waals surface area (Å²) in [4.78, 5) is 26.9. The van der Waals surface area contributed by atoms with Crippen molar-refractivity contribution in [2.24, 2.45) is 5.73 Å². The van der Waals surface area contributed by atoms with Crippen molar-refractivity contribution in [1.29, 1.82) is 0 Å². The Labute approximate surface area is 103 Å². The fourth-order valence-electron chi connectivity index (χ4n) is 0. The van der Waals surface area contributed by atoms with Crippen LogP contribution in [-0.2, 0) is 14.4 Å². The molecule has 0 aromatic carbocycles. The van der Waals surface area contributed by atoms with Crippen LogP contribution in [0.25, 0.3) is 0 Å². The molecule has 0 aliphatic carbocycles. The topological polar surface area (TPSA) is 146 Å². The minimum Gasteiger partial charge on any atom is -0.550 e. The Balaban J connectivity index is -0.0000000522. The first kappa shape index (κ1) is 23.3. The van der Waals surface area contributed by atoms with Gasteiger partial charge in [0.1, 0.15) is 0 Å². The van der Waals surface area contributed by atoms with Crippen molar-refractivity contribution >= 4 is 17.9 Å². The van der Waals surface area contributed by atoms with E-state index in [1.54, 1.807) is 0 Å². The zero-order valence-corrected chi connectivity index (χ0v) is 10.2. The third kappa shape index (κ3) is 651. The number of carboxylic acid groups (broad SMARTS) is 3. The predicted octanol–water partition coefficient (Wildman–Crippen LogP) is -7.79. The van der Waals surface area contributed by atoms with Crippen molar-refractivity contribution in [1.82, 2.24) is 0 Å². The van der Waals surface area contributed by atoms with Gasteiger partial charge in [-0.05, 0) is 13.8 Å². The molecule has 0 atom stereocenters. The molecule has 78 valence electrons. The van der Waals surface area contributed by atoms with Crippen LogP contribution in [0.1, 0.15) is 13.8 Å². The summed E-state index contributed by atoms with van der Waals surface area (Å²) in [5, 5.41) is 26.9. The molecule has 0 heterocycles. The Bertz CT molecular complexity index is 152. The molecule has 0 rings (SSSR count). The summed E-state index contributed by atoms with van der Waals surface area (Å²) in [6, 6.07) is 0. The van der Waals surface area contributed by atoms with E-state index in [1.807, 2.05) is 0 Å². The van der Waals surface area contributed by atoms with Gasteiger partial charge in [-0.3, -0.25) is 0 Å². The minimum atomic E-state index is -1.22. The van der Waals surface area contributed by atoms with E-state index in [0.29, 0.717) is 0 Å². The van der Waals surface area contributed by atoms with Crippen LogP contribution in [-0.4, -0.2) is 24.5 Å². The second-order valence-corrected chi connectivity index (χ2v) is 1.56. The number of aliphatic carboxylic acids is 3. The summed E-state index contributed by atoms with van der Waals surface area (Å²) in [7, 11) is 0. The molecule has 7 nitrogen and oxygen atoms in total. The number of hydrogen-bond donors (Lipinski definition) is 1. The first-order valence-electron chi connectivity index (χ1n) is 2.99. The van der Waals surface area contributed by atoms with E-state index in [1.165, 1.54) is 0 Å². The maximum atomic E-state index is 9.13. The van der Waals surface area contributed by atoms with Gasteiger partial charge in [-0.1, -0.05) is 0 Å². The van der Waals surface area contributed by atoms with Gasteiger partial charge in [-0.15, -0.1) is 0 Å². The van der Waals surface area contributed by atoms with Gasteiger partial charge in [0.2, 0.25) is 0 Å². The first-order valence-corrected chi connectivity index (χ1v) is 2.99. The SMILES string of the molecule is CC(=O)[O-].CC(=O)[O-].NCC(=O)[O-].[Na+]. The molecule has 0 amide bonds. The molecule has 2 N–H and O–H groups in total. The molecule has 0 radical (unpaired) electrons. The van der Waals surface area contributed by atoms with E-state index in [9.17, 15) is 0 Å². The number of rotatable bonds is 1. The third-order valence-corrected chi connectivity index (χ3v) is 0.167. The van der Waals surface area contributed by atoms with Gasteiger partial charge in [0.25, 0.3) is 0 Å². The van der Waals surface area contributed by atoms with Gasteiger partial charge >= 0.3 is 29.6 Å². The zero-order valence-electron chi connectivity index (χ0n) is 8.23. The normalized spacial score (nSPS) is 6.21. The average molecular weight is 215 g/mol. The van der Waals surface area contributed by atoms with E-state index in [4.69, 9.17) is 29.7 Å². The molecule has 0 aromatic rings. The van der Waals surface area contributed by atoms with Crippen molar-refractivity contribution in [3.05, 3.63) is 0 Å². The number of carbonyl (C=O) groups is 3. The largest absolute Gasteiger partial charge is 1.00 e. The standard InChI is InChI=1S/C2H5NO2.2C2H4O2.Na/c3-1-2(4)5;2*1-2(3)4;/h1,3H2,(H,4,5);2*1H3,(H,3,4);/q;;;+1/p-3. The monoisotopic (exact) mass is 215 g/mol. The van der Waals surface area contributed by atoms with Gasteiger partial charge in [0.05, 0.1) is 5.97 Å². The zero-order chi connectivity index (χ0) is 11.4. The molecule has 8 heteroatoms. The average Bonchev–Trinajstić information content (AvgIpc) is 1.84. The van der Waals surface area contributed by atoms with Crippen molar-refractivity contribution in [3.63, 3.8) is 0 Å². The predicted molar refractivity (Wildman–Crippen MR) is 35.4 cm³/mol. The van der Waals surface area contributed by atoms with Crippen LogP contribution in [0.15, 0.2) is 0 Å². The molecule has 14 heavy (non-hydrogen) atoms. The first-order chi connectivity index (χ1) is 5.73. The molecule has 0 spiro atoms. The number of hydrogen-bond acceptors (Lipinski definition) is 7. The Hall–Kier alpha value is -0.630. The summed E-state index contributed by atoms with van der Waals surface area (Å²) in [5.74, 6) is -3.38. The molecular weight excluding hydrogens is 205 g/mol. The van der Waals surface area contributed by atoms with Gasteiger partial charge < -0.3 is 35.4 Å². The van der Waals surface area contributed by atoms with Crippen molar-refractivity contribution in [2.45, 2.75) is 13.8 Å². The number of carboxylic acids is 3. The fourth-order valence-corrected chi connectivity index (χ4v) is 0. The van der Waals surface area contributed by atoms with Crippen LogP contribution in [0.3, 0.4) is 0 Å². The second-order valence-electron chi connectivity index (χ2n) is 1.56. The van der Waals surface area contributed by atoms with E-state index in [0.717, 1.165) is 13.8 Å². The maximum absolute atomic E-state index is 9.13. The fraction of sp³-hybridized carbons (Fsp3) is 0.500. The van der Waals surface area contributed by atoms with E-state index < -0.39 is 17.9 Å². The van der Waals surface area contributed by atoms with Crippen LogP contribution in [0, 0.1) is 0 Å². The molecule has 0 aromatic heterocycles. The van der Waals surface area contributed by atoms with Crippen LogP contribution in [0.5, 0.6) is 0 Å². The smallest absolute Gasteiger partial charge is 0.550 e. The molecule has 0 unspecified atom stereocenters. The second kappa shape index (κ2) is 18.2. The Kier molecular flexibility index (Phi) is 30.3. The number of carbonyl (C=O) groups excluding carboxylic acids is 3. The summed E-state index contributed by atoms with van der Waals surface area (Å²) in [5.41, 5.74) is 4.51. The van der Waals surface area contributed by atoms with Crippen LogP contribution in [0.4, 0.5) is 0 Å². The van der Waals surface area contributed by atoms with Gasteiger partial charge in [0, 0.05) is 18.5 Å². The maximum Gasteiger partial charge on any atom is 1.00 e. The summed E-state index contributed by atoms with van der Waals surface area (Å²) in [6.45, 7) is 1.56. The van der Waals surface area contributed by atoms with Gasteiger partial charge in [-0.25, -0.2) is 0 Å². The third-order valence-electron chi connectivity index (χ3n) is 0.167.